The third-order valence-electron chi connectivity index (χ3n) is 3.55. The summed E-state index contributed by atoms with van der Waals surface area (Å²) in [5.41, 5.74) is 7.14. The first kappa shape index (κ1) is 13.5. The van der Waals surface area contributed by atoms with Crippen molar-refractivity contribution in [1.29, 1.82) is 0 Å². The first-order valence-corrected chi connectivity index (χ1v) is 6.45. The van der Waals surface area contributed by atoms with Crippen molar-refractivity contribution in [3.05, 3.63) is 35.6 Å². The lowest BCUT2D eigenvalue weighted by molar-refractivity contribution is 0.0294. The molecule has 3 nitrogen and oxygen atoms in total. The van der Waals surface area contributed by atoms with Gasteiger partial charge < -0.3 is 10.5 Å². The van der Waals surface area contributed by atoms with E-state index in [0.717, 1.165) is 38.0 Å². The molecule has 2 unspecified atom stereocenters. The topological polar surface area (TPSA) is 38.5 Å². The Bertz CT molecular complexity index is 369. The van der Waals surface area contributed by atoms with Gasteiger partial charge in [-0.2, -0.15) is 0 Å². The molecule has 1 aliphatic heterocycles. The van der Waals surface area contributed by atoms with Crippen molar-refractivity contribution in [3.63, 3.8) is 0 Å². The number of nitrogens with two attached hydrogens (primary N) is 1. The van der Waals surface area contributed by atoms with Crippen LogP contribution in [0.2, 0.25) is 0 Å². The molecule has 0 spiro atoms. The number of piperidine rings is 1. The van der Waals surface area contributed by atoms with Crippen molar-refractivity contribution in [2.45, 2.75) is 25.0 Å². The van der Waals surface area contributed by atoms with Crippen LogP contribution in [-0.4, -0.2) is 37.7 Å². The first-order valence-electron chi connectivity index (χ1n) is 6.45. The number of likely N-dealkylation sites (tertiary alicyclic amines) is 1. The number of hydrogen-bond acceptors (Lipinski definition) is 3. The van der Waals surface area contributed by atoms with E-state index in [-0.39, 0.29) is 11.9 Å². The maximum absolute atomic E-state index is 12.8. The zero-order chi connectivity index (χ0) is 13.0. The molecular formula is C14H21FN2O. The summed E-state index contributed by atoms with van der Waals surface area (Å²) in [7, 11) is 1.76. The minimum absolute atomic E-state index is 0.0683. The average molecular weight is 252 g/mol. The van der Waals surface area contributed by atoms with E-state index >= 15 is 0 Å². The van der Waals surface area contributed by atoms with Crippen molar-refractivity contribution >= 4 is 0 Å². The molecule has 0 aliphatic carbocycles. The zero-order valence-electron chi connectivity index (χ0n) is 10.8. The van der Waals surface area contributed by atoms with Crippen LogP contribution in [0.5, 0.6) is 0 Å². The van der Waals surface area contributed by atoms with Gasteiger partial charge in [0.15, 0.2) is 0 Å². The Morgan fingerprint density at radius 2 is 2.17 bits per heavy atom. The third-order valence-corrected chi connectivity index (χ3v) is 3.55. The van der Waals surface area contributed by atoms with Crippen molar-refractivity contribution in [2.75, 3.05) is 26.7 Å². The monoisotopic (exact) mass is 252 g/mol. The molecule has 2 N–H and O–H groups in total. The van der Waals surface area contributed by atoms with Crippen molar-refractivity contribution < 1.29 is 9.13 Å². The molecule has 1 saturated heterocycles. The second kappa shape index (κ2) is 6.27. The molecule has 100 valence electrons. The number of nitrogens with zero attached hydrogens (tertiary/aromatic N) is 1. The van der Waals surface area contributed by atoms with Crippen LogP contribution in [0.4, 0.5) is 4.39 Å². The van der Waals surface area contributed by atoms with Crippen molar-refractivity contribution in [2.24, 2.45) is 5.73 Å². The number of halogens is 1. The summed E-state index contributed by atoms with van der Waals surface area (Å²) >= 11 is 0. The fourth-order valence-corrected chi connectivity index (χ4v) is 2.46. The molecule has 0 radical (unpaired) electrons. The van der Waals surface area contributed by atoms with Crippen LogP contribution in [0, 0.1) is 5.82 Å². The van der Waals surface area contributed by atoms with Crippen LogP contribution in [0.25, 0.3) is 0 Å². The summed E-state index contributed by atoms with van der Waals surface area (Å²) in [4.78, 5) is 2.33. The molecule has 18 heavy (non-hydrogen) atoms. The second-order valence-corrected chi connectivity index (χ2v) is 4.92. The lowest BCUT2D eigenvalue weighted by Gasteiger charge is -2.33. The molecule has 1 aromatic carbocycles. The van der Waals surface area contributed by atoms with E-state index in [1.165, 1.54) is 12.1 Å². The predicted molar refractivity (Wildman–Crippen MR) is 69.8 cm³/mol. The summed E-state index contributed by atoms with van der Waals surface area (Å²) < 4.78 is 18.2. The Morgan fingerprint density at radius 3 is 2.83 bits per heavy atom. The molecule has 1 fully saturated rings. The van der Waals surface area contributed by atoms with Crippen LogP contribution in [-0.2, 0) is 4.74 Å². The van der Waals surface area contributed by atoms with Gasteiger partial charge in [-0.3, -0.25) is 4.90 Å². The predicted octanol–water partition coefficient (Wildman–Crippen LogP) is 1.94. The van der Waals surface area contributed by atoms with Crippen molar-refractivity contribution in [1.82, 2.24) is 4.90 Å². The summed E-state index contributed by atoms with van der Waals surface area (Å²) in [5, 5.41) is 0. The molecule has 0 amide bonds. The molecule has 0 bridgehead atoms. The van der Waals surface area contributed by atoms with Gasteiger partial charge in [0.2, 0.25) is 0 Å². The molecule has 1 aromatic rings. The van der Waals surface area contributed by atoms with Crippen LogP contribution >= 0.6 is 0 Å². The van der Waals surface area contributed by atoms with Crippen LogP contribution in [0.15, 0.2) is 24.3 Å². The van der Waals surface area contributed by atoms with E-state index < -0.39 is 0 Å². The standard InChI is InChI=1S/C14H21FN2O/c1-18-13-3-2-8-17(9-13)10-14(16)11-4-6-12(15)7-5-11/h4-7,13-14H,2-3,8-10,16H2,1H3. The van der Waals surface area contributed by atoms with E-state index in [9.17, 15) is 4.39 Å². The van der Waals surface area contributed by atoms with Gasteiger partial charge in [-0.15, -0.1) is 0 Å². The lowest BCUT2D eigenvalue weighted by atomic mass is 10.0. The van der Waals surface area contributed by atoms with Gasteiger partial charge in [-0.1, -0.05) is 12.1 Å². The molecular weight excluding hydrogens is 231 g/mol. The smallest absolute Gasteiger partial charge is 0.123 e. The van der Waals surface area contributed by atoms with E-state index in [1.807, 2.05) is 0 Å². The summed E-state index contributed by atoms with van der Waals surface area (Å²) in [6.45, 7) is 2.80. The molecule has 4 heteroatoms. The van der Waals surface area contributed by atoms with Crippen LogP contribution in [0.1, 0.15) is 24.4 Å². The molecule has 0 saturated carbocycles. The number of rotatable bonds is 4. The Hall–Kier alpha value is -0.970. The number of hydrogen-bond donors (Lipinski definition) is 1. The molecule has 0 aromatic heterocycles. The van der Waals surface area contributed by atoms with Gasteiger partial charge in [-0.05, 0) is 37.1 Å². The van der Waals surface area contributed by atoms with Gasteiger partial charge in [0, 0.05) is 26.2 Å². The highest BCUT2D eigenvalue weighted by atomic mass is 19.1. The molecule has 2 atom stereocenters. The number of methoxy groups -OCH3 is 1. The SMILES string of the molecule is COC1CCCN(CC(N)c2ccc(F)cc2)C1. The summed E-state index contributed by atoms with van der Waals surface area (Å²) in [6, 6.07) is 6.38. The highest BCUT2D eigenvalue weighted by molar-refractivity contribution is 5.19. The highest BCUT2D eigenvalue weighted by Gasteiger charge is 2.21. The van der Waals surface area contributed by atoms with E-state index in [0.29, 0.717) is 6.10 Å². The molecule has 2 rings (SSSR count). The fourth-order valence-electron chi connectivity index (χ4n) is 2.46. The average Bonchev–Trinajstić information content (AvgIpc) is 2.39. The second-order valence-electron chi connectivity index (χ2n) is 4.92. The largest absolute Gasteiger partial charge is 0.380 e. The summed E-state index contributed by atoms with van der Waals surface area (Å²) in [6.07, 6.45) is 2.59. The van der Waals surface area contributed by atoms with Gasteiger partial charge in [-0.25, -0.2) is 4.39 Å². The molecule has 1 aliphatic rings. The Labute approximate surface area is 108 Å². The van der Waals surface area contributed by atoms with Gasteiger partial charge >= 0.3 is 0 Å². The summed E-state index contributed by atoms with van der Waals surface area (Å²) in [5.74, 6) is -0.219. The third kappa shape index (κ3) is 3.51. The van der Waals surface area contributed by atoms with Crippen LogP contribution in [0.3, 0.4) is 0 Å². The van der Waals surface area contributed by atoms with E-state index in [4.69, 9.17) is 10.5 Å². The quantitative estimate of drug-likeness (QED) is 0.890. The Kier molecular flexibility index (Phi) is 4.69. The number of benzene rings is 1. The maximum atomic E-state index is 12.8. The molecule has 1 heterocycles. The number of ether oxygens (including phenoxy) is 1. The van der Waals surface area contributed by atoms with Gasteiger partial charge in [0.25, 0.3) is 0 Å². The first-order chi connectivity index (χ1) is 8.69. The fraction of sp³-hybridized carbons (Fsp3) is 0.571. The van der Waals surface area contributed by atoms with Crippen LogP contribution < -0.4 is 5.73 Å². The Morgan fingerprint density at radius 1 is 1.44 bits per heavy atom. The maximum Gasteiger partial charge on any atom is 0.123 e. The zero-order valence-corrected chi connectivity index (χ0v) is 10.8. The minimum atomic E-state index is -0.219. The minimum Gasteiger partial charge on any atom is -0.380 e. The van der Waals surface area contributed by atoms with Gasteiger partial charge in [0.1, 0.15) is 5.82 Å². The normalized spacial score (nSPS) is 22.9. The highest BCUT2D eigenvalue weighted by Crippen LogP contribution is 2.17. The lowest BCUT2D eigenvalue weighted by Crippen LogP contribution is -2.42. The van der Waals surface area contributed by atoms with E-state index in [1.54, 1.807) is 19.2 Å². The van der Waals surface area contributed by atoms with Crippen molar-refractivity contribution in [3.8, 4) is 0 Å². The van der Waals surface area contributed by atoms with Gasteiger partial charge in [0.05, 0.1) is 6.10 Å². The Balaban J connectivity index is 1.90. The van der Waals surface area contributed by atoms with E-state index in [2.05, 4.69) is 4.90 Å².